The van der Waals surface area contributed by atoms with Crippen LogP contribution < -0.4 is 15.4 Å². The van der Waals surface area contributed by atoms with Gasteiger partial charge in [-0.2, -0.15) is 0 Å². The van der Waals surface area contributed by atoms with Gasteiger partial charge in [-0.05, 0) is 17.7 Å². The first-order valence-electron chi connectivity index (χ1n) is 9.70. The quantitative estimate of drug-likeness (QED) is 0.536. The molecule has 0 radical (unpaired) electrons. The van der Waals surface area contributed by atoms with Crippen LogP contribution in [0.5, 0.6) is 0 Å². The van der Waals surface area contributed by atoms with E-state index in [1.54, 1.807) is 23.7 Å². The number of quaternary nitrogens is 1. The number of hydrogen-bond acceptors (Lipinski definition) is 6. The van der Waals surface area contributed by atoms with Crippen LogP contribution in [0, 0.1) is 0 Å². The molecule has 1 aromatic carbocycles. The molecule has 3 aromatic heterocycles. The highest BCUT2D eigenvalue weighted by Crippen LogP contribution is 2.30. The fourth-order valence-corrected chi connectivity index (χ4v) is 4.75. The fourth-order valence-electron chi connectivity index (χ4n) is 3.70. The van der Waals surface area contributed by atoms with Crippen LogP contribution in [0.1, 0.15) is 5.82 Å². The number of fused-ring (bicyclic) bond motifs is 1. The average Bonchev–Trinajstić information content (AvgIpc) is 3.20. The van der Waals surface area contributed by atoms with E-state index in [2.05, 4.69) is 32.0 Å². The predicted molar refractivity (Wildman–Crippen MR) is 114 cm³/mol. The molecule has 0 bridgehead atoms. The normalized spacial score (nSPS) is 15.1. The number of rotatable bonds is 4. The van der Waals surface area contributed by atoms with Gasteiger partial charge in [0.1, 0.15) is 11.4 Å². The number of thiophene rings is 1. The van der Waals surface area contributed by atoms with E-state index in [4.69, 9.17) is 4.98 Å². The maximum absolute atomic E-state index is 12.6. The molecule has 1 aliphatic rings. The molecule has 1 fully saturated rings. The Morgan fingerprint density at radius 1 is 1.07 bits per heavy atom. The van der Waals surface area contributed by atoms with Crippen LogP contribution in [0.3, 0.4) is 0 Å². The van der Waals surface area contributed by atoms with Crippen molar-refractivity contribution in [3.8, 4) is 10.4 Å². The molecule has 29 heavy (non-hydrogen) atoms. The molecule has 1 saturated heterocycles. The van der Waals surface area contributed by atoms with Crippen LogP contribution in [0.2, 0.25) is 0 Å². The zero-order chi connectivity index (χ0) is 19.6. The summed E-state index contributed by atoms with van der Waals surface area (Å²) in [7, 11) is 0. The van der Waals surface area contributed by atoms with Crippen LogP contribution >= 0.6 is 11.3 Å². The van der Waals surface area contributed by atoms with Gasteiger partial charge < -0.3 is 14.8 Å². The van der Waals surface area contributed by atoms with Gasteiger partial charge >= 0.3 is 0 Å². The van der Waals surface area contributed by atoms with E-state index in [-0.39, 0.29) is 5.56 Å². The maximum atomic E-state index is 12.6. The molecular weight excluding hydrogens is 384 g/mol. The highest BCUT2D eigenvalue weighted by Gasteiger charge is 2.23. The molecule has 146 valence electrons. The summed E-state index contributed by atoms with van der Waals surface area (Å²) in [5.41, 5.74) is 1.06. The third-order valence-electron chi connectivity index (χ3n) is 5.23. The lowest BCUT2D eigenvalue weighted by atomic mass is 10.2. The maximum Gasteiger partial charge on any atom is 0.259 e. The fraction of sp³-hybridized carbons (Fsp3) is 0.238. The van der Waals surface area contributed by atoms with E-state index in [1.807, 2.05) is 30.3 Å². The van der Waals surface area contributed by atoms with Crippen molar-refractivity contribution >= 4 is 27.5 Å². The Bertz CT molecular complexity index is 1170. The molecule has 0 saturated carbocycles. The summed E-state index contributed by atoms with van der Waals surface area (Å²) in [4.78, 5) is 34.5. The summed E-state index contributed by atoms with van der Waals surface area (Å²) in [5.74, 6) is 1.54. The molecule has 2 N–H and O–H groups in total. The number of benzene rings is 1. The van der Waals surface area contributed by atoms with Crippen molar-refractivity contribution in [2.24, 2.45) is 0 Å². The Balaban J connectivity index is 1.32. The largest absolute Gasteiger partial charge is 0.330 e. The number of piperazine rings is 1. The topological polar surface area (TPSA) is 79.2 Å². The smallest absolute Gasteiger partial charge is 0.259 e. The van der Waals surface area contributed by atoms with Gasteiger partial charge in [-0.1, -0.05) is 30.3 Å². The van der Waals surface area contributed by atoms with Crippen molar-refractivity contribution in [1.29, 1.82) is 0 Å². The van der Waals surface area contributed by atoms with E-state index in [0.29, 0.717) is 11.9 Å². The summed E-state index contributed by atoms with van der Waals surface area (Å²) >= 11 is 1.57. The van der Waals surface area contributed by atoms with Crippen LogP contribution in [0.25, 0.3) is 20.7 Å². The lowest BCUT2D eigenvalue weighted by Crippen LogP contribution is -3.13. The molecule has 0 atom stereocenters. The zero-order valence-electron chi connectivity index (χ0n) is 15.8. The first kappa shape index (κ1) is 18.0. The Labute approximate surface area is 171 Å². The second-order valence-electron chi connectivity index (χ2n) is 7.17. The van der Waals surface area contributed by atoms with Gasteiger partial charge in [0.15, 0.2) is 5.82 Å². The van der Waals surface area contributed by atoms with E-state index < -0.39 is 0 Å². The first-order valence-corrected chi connectivity index (χ1v) is 10.5. The van der Waals surface area contributed by atoms with Gasteiger partial charge in [0, 0.05) is 17.3 Å². The molecular formula is C21H21N6OS+. The van der Waals surface area contributed by atoms with Gasteiger partial charge in [0.2, 0.25) is 5.95 Å². The van der Waals surface area contributed by atoms with Crippen molar-refractivity contribution < 1.29 is 4.90 Å². The first-order chi connectivity index (χ1) is 14.3. The molecule has 8 heteroatoms. The molecule has 0 amide bonds. The number of nitrogens with zero attached hydrogens (tertiary/aromatic N) is 4. The van der Waals surface area contributed by atoms with E-state index in [0.717, 1.165) is 53.2 Å². The number of hydrogen-bond donors (Lipinski definition) is 2. The minimum absolute atomic E-state index is 0.0563. The SMILES string of the molecule is O=c1[nH]c(C[NH+]2CCN(c3ncccn3)CC2)nc2sc(-c3ccccc3)cc12. The molecule has 0 aliphatic carbocycles. The summed E-state index contributed by atoms with van der Waals surface area (Å²) in [5, 5.41) is 0.665. The number of H-pyrrole nitrogens is 1. The van der Waals surface area contributed by atoms with Gasteiger partial charge in [-0.15, -0.1) is 11.3 Å². The molecule has 1 aliphatic heterocycles. The molecule has 0 spiro atoms. The summed E-state index contributed by atoms with van der Waals surface area (Å²) in [6.07, 6.45) is 3.55. The minimum Gasteiger partial charge on any atom is -0.330 e. The van der Waals surface area contributed by atoms with Crippen molar-refractivity contribution in [1.82, 2.24) is 19.9 Å². The van der Waals surface area contributed by atoms with Gasteiger partial charge in [-0.3, -0.25) is 4.79 Å². The number of anilines is 1. The summed E-state index contributed by atoms with van der Waals surface area (Å²) < 4.78 is 0. The zero-order valence-corrected chi connectivity index (χ0v) is 16.7. The van der Waals surface area contributed by atoms with Crippen molar-refractivity contribution in [2.75, 3.05) is 31.1 Å². The van der Waals surface area contributed by atoms with Crippen molar-refractivity contribution in [2.45, 2.75) is 6.54 Å². The third-order valence-corrected chi connectivity index (χ3v) is 6.31. The Morgan fingerprint density at radius 2 is 1.83 bits per heavy atom. The lowest BCUT2D eigenvalue weighted by molar-refractivity contribution is -0.915. The van der Waals surface area contributed by atoms with Crippen LogP contribution in [-0.4, -0.2) is 46.1 Å². The highest BCUT2D eigenvalue weighted by atomic mass is 32.1. The second-order valence-corrected chi connectivity index (χ2v) is 8.20. The van der Waals surface area contributed by atoms with Crippen LogP contribution in [-0.2, 0) is 6.54 Å². The molecule has 4 heterocycles. The standard InChI is InChI=1S/C21H20N6OS/c28-19-16-13-17(15-5-2-1-3-6-15)29-20(16)25-18(24-19)14-26-9-11-27(12-10-26)21-22-7-4-8-23-21/h1-8,13H,9-12,14H2,(H,24,25,28)/p+1. The van der Waals surface area contributed by atoms with Gasteiger partial charge in [0.25, 0.3) is 5.56 Å². The van der Waals surface area contributed by atoms with Crippen LogP contribution in [0.15, 0.2) is 59.7 Å². The Kier molecular flexibility index (Phi) is 4.79. The molecule has 5 rings (SSSR count). The summed E-state index contributed by atoms with van der Waals surface area (Å²) in [6, 6.07) is 13.9. The van der Waals surface area contributed by atoms with Crippen LogP contribution in [0.4, 0.5) is 5.95 Å². The van der Waals surface area contributed by atoms with E-state index in [1.165, 1.54) is 4.90 Å². The average molecular weight is 406 g/mol. The molecule has 7 nitrogen and oxygen atoms in total. The molecule has 4 aromatic rings. The summed E-state index contributed by atoms with van der Waals surface area (Å²) in [6.45, 7) is 4.42. The lowest BCUT2D eigenvalue weighted by Gasteiger charge is -2.31. The van der Waals surface area contributed by atoms with Gasteiger partial charge in [-0.25, -0.2) is 15.0 Å². The Hall–Kier alpha value is -3.10. The Morgan fingerprint density at radius 3 is 2.59 bits per heavy atom. The number of aromatic nitrogens is 4. The van der Waals surface area contributed by atoms with E-state index in [9.17, 15) is 4.79 Å². The highest BCUT2D eigenvalue weighted by molar-refractivity contribution is 7.21. The third kappa shape index (κ3) is 3.76. The predicted octanol–water partition coefficient (Wildman–Crippen LogP) is 1.35. The molecule has 0 unspecified atom stereocenters. The van der Waals surface area contributed by atoms with Gasteiger partial charge in [0.05, 0.1) is 31.6 Å². The number of nitrogens with one attached hydrogen (secondary N) is 2. The monoisotopic (exact) mass is 405 g/mol. The van der Waals surface area contributed by atoms with E-state index >= 15 is 0 Å². The van der Waals surface area contributed by atoms with Crippen molar-refractivity contribution in [3.63, 3.8) is 0 Å². The van der Waals surface area contributed by atoms with Crippen molar-refractivity contribution in [3.05, 3.63) is 71.0 Å². The second kappa shape index (κ2) is 7.73. The number of aromatic amines is 1. The minimum atomic E-state index is -0.0563.